The monoisotopic (exact) mass is 343 g/mol. The van der Waals surface area contributed by atoms with Crippen molar-refractivity contribution in [3.8, 4) is 0 Å². The molecule has 4 atom stereocenters. The fourth-order valence-corrected chi connectivity index (χ4v) is 5.77. The van der Waals surface area contributed by atoms with Gasteiger partial charge in [0.05, 0.1) is 28.7 Å². The molecular weight excluding hydrogens is 322 g/mol. The zero-order valence-electron chi connectivity index (χ0n) is 13.0. The van der Waals surface area contributed by atoms with Gasteiger partial charge >= 0.3 is 0 Å². The molecule has 0 spiro atoms. The number of nitrogens with zero attached hydrogens (tertiary/aromatic N) is 1. The van der Waals surface area contributed by atoms with E-state index in [1.807, 2.05) is 43.5 Å². The van der Waals surface area contributed by atoms with E-state index < -0.39 is 11.2 Å². The number of ether oxygens (including phenoxy) is 1. The standard InChI is InChI=1S/C18H17NO3S.CH4/c1-17-7-8-18(2,22-17)14-13(17)15(20)19(16(14)21)11-9-23-12-6-4-3-5-10(11)12;/h3-6,9,13-14H,7-8H2,1-2H3;1H4/t13-,14?,17?,18?;/m1./s1. The second kappa shape index (κ2) is 4.67. The molecule has 3 aliphatic rings. The molecular formula is C19H21NO3S. The van der Waals surface area contributed by atoms with Crippen LogP contribution in [0.15, 0.2) is 29.6 Å². The van der Waals surface area contributed by atoms with Crippen LogP contribution in [0.3, 0.4) is 0 Å². The molecule has 2 amide bonds. The lowest BCUT2D eigenvalue weighted by atomic mass is 9.69. The quantitative estimate of drug-likeness (QED) is 0.736. The number of rotatable bonds is 1. The lowest BCUT2D eigenvalue weighted by Gasteiger charge is -2.27. The first-order chi connectivity index (χ1) is 10.9. The highest BCUT2D eigenvalue weighted by Gasteiger charge is 2.72. The van der Waals surface area contributed by atoms with Gasteiger partial charge in [0.15, 0.2) is 0 Å². The molecule has 0 aliphatic carbocycles. The summed E-state index contributed by atoms with van der Waals surface area (Å²) in [4.78, 5) is 27.6. The molecule has 5 heteroatoms. The molecule has 4 heterocycles. The highest BCUT2D eigenvalue weighted by molar-refractivity contribution is 7.17. The van der Waals surface area contributed by atoms with Crippen molar-refractivity contribution < 1.29 is 14.3 Å². The van der Waals surface area contributed by atoms with Crippen LogP contribution in [-0.4, -0.2) is 23.0 Å². The Hall–Kier alpha value is -1.72. The van der Waals surface area contributed by atoms with Crippen molar-refractivity contribution in [2.24, 2.45) is 11.8 Å². The van der Waals surface area contributed by atoms with Gasteiger partial charge in [0.1, 0.15) is 0 Å². The van der Waals surface area contributed by atoms with E-state index in [0.29, 0.717) is 0 Å². The highest BCUT2D eigenvalue weighted by atomic mass is 32.1. The van der Waals surface area contributed by atoms with Crippen LogP contribution in [0.25, 0.3) is 10.1 Å². The van der Waals surface area contributed by atoms with E-state index in [1.54, 1.807) is 11.3 Å². The molecule has 5 rings (SSSR count). The maximum atomic E-state index is 13.1. The van der Waals surface area contributed by atoms with Crippen molar-refractivity contribution in [1.82, 2.24) is 0 Å². The number of fused-ring (bicyclic) bond motifs is 6. The van der Waals surface area contributed by atoms with E-state index in [9.17, 15) is 9.59 Å². The van der Waals surface area contributed by atoms with E-state index in [2.05, 4.69) is 0 Å². The molecule has 3 fully saturated rings. The number of hydrogen-bond donors (Lipinski definition) is 0. The third-order valence-electron chi connectivity index (χ3n) is 5.91. The molecule has 0 N–H and O–H groups in total. The first-order valence-corrected chi connectivity index (χ1v) is 8.87. The van der Waals surface area contributed by atoms with Gasteiger partial charge in [-0.15, -0.1) is 11.3 Å². The van der Waals surface area contributed by atoms with E-state index in [0.717, 1.165) is 28.6 Å². The lowest BCUT2D eigenvalue weighted by Crippen LogP contribution is -2.40. The summed E-state index contributed by atoms with van der Waals surface area (Å²) < 4.78 is 7.24. The summed E-state index contributed by atoms with van der Waals surface area (Å²) in [6.45, 7) is 3.98. The van der Waals surface area contributed by atoms with Gasteiger partial charge in [0, 0.05) is 15.5 Å². The number of hydrogen-bond acceptors (Lipinski definition) is 4. The summed E-state index contributed by atoms with van der Waals surface area (Å²) in [6, 6.07) is 7.91. The summed E-state index contributed by atoms with van der Waals surface area (Å²) in [6.07, 6.45) is 1.70. The van der Waals surface area contributed by atoms with Gasteiger partial charge in [-0.25, -0.2) is 4.90 Å². The maximum absolute atomic E-state index is 13.1. The Morgan fingerprint density at radius 2 is 1.67 bits per heavy atom. The summed E-state index contributed by atoms with van der Waals surface area (Å²) in [5, 5.41) is 2.90. The van der Waals surface area contributed by atoms with Crippen molar-refractivity contribution >= 4 is 38.9 Å². The number of amides is 2. The van der Waals surface area contributed by atoms with E-state index in [4.69, 9.17) is 4.74 Å². The maximum Gasteiger partial charge on any atom is 0.240 e. The van der Waals surface area contributed by atoms with Gasteiger partial charge in [-0.1, -0.05) is 25.6 Å². The largest absolute Gasteiger partial charge is 0.367 e. The third kappa shape index (κ3) is 1.67. The van der Waals surface area contributed by atoms with Crippen molar-refractivity contribution in [2.75, 3.05) is 4.90 Å². The van der Waals surface area contributed by atoms with Crippen molar-refractivity contribution in [3.05, 3.63) is 29.6 Å². The number of carbonyl (C=O) groups excluding carboxylic acids is 2. The molecule has 3 unspecified atom stereocenters. The van der Waals surface area contributed by atoms with Crippen molar-refractivity contribution in [3.63, 3.8) is 0 Å². The molecule has 0 radical (unpaired) electrons. The molecule has 2 aromatic rings. The lowest BCUT2D eigenvalue weighted by molar-refractivity contribution is -0.129. The van der Waals surface area contributed by atoms with Crippen LogP contribution < -0.4 is 4.90 Å². The third-order valence-corrected chi connectivity index (χ3v) is 6.86. The molecule has 2 bridgehead atoms. The average molecular weight is 343 g/mol. The number of thiophene rings is 1. The molecule has 3 saturated heterocycles. The number of anilines is 1. The van der Waals surface area contributed by atoms with Crippen LogP contribution >= 0.6 is 11.3 Å². The Labute approximate surface area is 145 Å². The van der Waals surface area contributed by atoms with Gasteiger partial charge in [0.25, 0.3) is 0 Å². The minimum Gasteiger partial charge on any atom is -0.367 e. The number of benzene rings is 1. The predicted molar refractivity (Wildman–Crippen MR) is 95.2 cm³/mol. The van der Waals surface area contributed by atoms with Crippen LogP contribution in [0, 0.1) is 11.8 Å². The smallest absolute Gasteiger partial charge is 0.240 e. The molecule has 24 heavy (non-hydrogen) atoms. The van der Waals surface area contributed by atoms with Crippen LogP contribution in [0.5, 0.6) is 0 Å². The van der Waals surface area contributed by atoms with E-state index >= 15 is 0 Å². The van der Waals surface area contributed by atoms with E-state index in [-0.39, 0.29) is 31.1 Å². The minimum absolute atomic E-state index is 0. The van der Waals surface area contributed by atoms with Crippen LogP contribution in [0.2, 0.25) is 0 Å². The fraction of sp³-hybridized carbons (Fsp3) is 0.474. The van der Waals surface area contributed by atoms with Crippen LogP contribution in [0.4, 0.5) is 5.69 Å². The Morgan fingerprint density at radius 1 is 1.08 bits per heavy atom. The fourth-order valence-electron chi connectivity index (χ4n) is 4.84. The number of imide groups is 1. The van der Waals surface area contributed by atoms with E-state index in [1.165, 1.54) is 4.90 Å². The van der Waals surface area contributed by atoms with Crippen molar-refractivity contribution in [1.29, 1.82) is 0 Å². The van der Waals surface area contributed by atoms with Gasteiger partial charge in [-0.3, -0.25) is 9.59 Å². The summed E-state index contributed by atoms with van der Waals surface area (Å²) >= 11 is 1.57. The average Bonchev–Trinajstić information content (AvgIpc) is 3.19. The molecule has 1 aromatic carbocycles. The predicted octanol–water partition coefficient (Wildman–Crippen LogP) is 3.98. The SMILES string of the molecule is C.CC12CCC(C)(O1)[C@H]1C(=O)N(c3csc4ccccc34)C(=O)C12. The number of carbonyl (C=O) groups is 2. The Bertz CT molecular complexity index is 840. The topological polar surface area (TPSA) is 46.6 Å². The molecule has 1 aromatic heterocycles. The summed E-state index contributed by atoms with van der Waals surface area (Å²) in [7, 11) is 0. The summed E-state index contributed by atoms with van der Waals surface area (Å²) in [5.74, 6) is -0.858. The van der Waals surface area contributed by atoms with Gasteiger partial charge < -0.3 is 4.74 Å². The second-order valence-corrected chi connectivity index (χ2v) is 8.22. The van der Waals surface area contributed by atoms with Gasteiger partial charge in [0.2, 0.25) is 11.8 Å². The first kappa shape index (κ1) is 15.8. The van der Waals surface area contributed by atoms with Crippen LogP contribution in [0.1, 0.15) is 34.1 Å². The second-order valence-electron chi connectivity index (χ2n) is 7.31. The zero-order valence-corrected chi connectivity index (χ0v) is 13.9. The van der Waals surface area contributed by atoms with Gasteiger partial charge in [-0.05, 0) is 32.8 Å². The first-order valence-electron chi connectivity index (χ1n) is 7.99. The Balaban J connectivity index is 0.00000146. The highest BCUT2D eigenvalue weighted by Crippen LogP contribution is 2.61. The zero-order chi connectivity index (χ0) is 16.0. The minimum atomic E-state index is -0.493. The molecule has 0 saturated carbocycles. The molecule has 126 valence electrons. The Morgan fingerprint density at radius 3 is 2.29 bits per heavy atom. The van der Waals surface area contributed by atoms with Crippen LogP contribution in [-0.2, 0) is 14.3 Å². The Kier molecular flexibility index (Phi) is 3.07. The molecule has 3 aliphatic heterocycles. The molecule has 4 nitrogen and oxygen atoms in total. The summed E-state index contributed by atoms with van der Waals surface area (Å²) in [5.41, 5.74) is -0.249. The van der Waals surface area contributed by atoms with Gasteiger partial charge in [-0.2, -0.15) is 0 Å². The van der Waals surface area contributed by atoms with Crippen molar-refractivity contribution in [2.45, 2.75) is 45.3 Å². The normalized spacial score (nSPS) is 37.2.